The third kappa shape index (κ3) is 1.09. The van der Waals surface area contributed by atoms with E-state index in [0.29, 0.717) is 23.0 Å². The second-order valence-corrected chi connectivity index (χ2v) is 4.82. The Morgan fingerprint density at radius 2 is 2.07 bits per heavy atom. The Hall–Kier alpha value is -0.380. The molecule has 5 unspecified atom stereocenters. The average molecular weight is 194 g/mol. The second-order valence-electron chi connectivity index (χ2n) is 4.82. The van der Waals surface area contributed by atoms with Gasteiger partial charge in [0.25, 0.3) is 0 Å². The highest BCUT2D eigenvalue weighted by Crippen LogP contribution is 2.57. The van der Waals surface area contributed by atoms with Crippen LogP contribution in [0.4, 0.5) is 0 Å². The number of hydroxylamine groups is 2. The maximum absolute atomic E-state index is 10.9. The van der Waals surface area contributed by atoms with Gasteiger partial charge in [-0.25, -0.2) is 0 Å². The molecular weight excluding hydrogens is 178 g/mol. The quantitative estimate of drug-likeness (QED) is 0.498. The van der Waals surface area contributed by atoms with Crippen molar-refractivity contribution in [3.63, 3.8) is 0 Å². The van der Waals surface area contributed by atoms with E-state index < -0.39 is 0 Å². The first kappa shape index (κ1) is 8.89. The summed E-state index contributed by atoms with van der Waals surface area (Å²) in [6.45, 7) is 0. The van der Waals surface area contributed by atoms with Crippen molar-refractivity contribution in [2.24, 2.45) is 23.7 Å². The zero-order chi connectivity index (χ0) is 9.71. The van der Waals surface area contributed by atoms with Crippen molar-refractivity contribution in [1.29, 1.82) is 0 Å². The first-order valence-corrected chi connectivity index (χ1v) is 5.51. The molecule has 3 aliphatic carbocycles. The molecule has 0 radical (unpaired) electrons. The van der Waals surface area contributed by atoms with Crippen LogP contribution in [0.15, 0.2) is 12.2 Å². The Morgan fingerprint density at radius 1 is 1.29 bits per heavy atom. The van der Waals surface area contributed by atoms with Gasteiger partial charge in [-0.2, -0.15) is 0 Å². The largest absolute Gasteiger partial charge is 0.762 e. The number of hydrogen-bond acceptors (Lipinski definition) is 3. The molecule has 0 heterocycles. The average Bonchev–Trinajstić information content (AvgIpc) is 2.74. The minimum atomic E-state index is 0.206. The van der Waals surface area contributed by atoms with E-state index in [1.165, 1.54) is 26.3 Å². The van der Waals surface area contributed by atoms with Crippen molar-refractivity contribution in [2.45, 2.75) is 25.4 Å². The van der Waals surface area contributed by atoms with E-state index in [9.17, 15) is 5.21 Å². The van der Waals surface area contributed by atoms with Gasteiger partial charge in [0, 0.05) is 0 Å². The Morgan fingerprint density at radius 3 is 2.79 bits per heavy atom. The molecule has 0 N–H and O–H groups in total. The van der Waals surface area contributed by atoms with E-state index >= 15 is 0 Å². The van der Waals surface area contributed by atoms with Crippen LogP contribution in [0.2, 0.25) is 0 Å². The summed E-state index contributed by atoms with van der Waals surface area (Å²) in [5.41, 5.74) is 0. The molecule has 0 aromatic rings. The lowest BCUT2D eigenvalue weighted by atomic mass is 9.82. The minimum absolute atomic E-state index is 0.206. The summed E-state index contributed by atoms with van der Waals surface area (Å²) in [4.78, 5) is 5.38. The summed E-state index contributed by atoms with van der Waals surface area (Å²) in [6.07, 6.45) is 8.56. The summed E-state index contributed by atoms with van der Waals surface area (Å²) >= 11 is 0. The normalized spacial score (nSPS) is 49.2. The van der Waals surface area contributed by atoms with Crippen LogP contribution in [-0.2, 0) is 4.84 Å². The van der Waals surface area contributed by atoms with E-state index in [1.807, 2.05) is 0 Å². The molecule has 2 fully saturated rings. The highest BCUT2D eigenvalue weighted by molar-refractivity contribution is 5.15. The predicted octanol–water partition coefficient (Wildman–Crippen LogP) is 1.95. The number of rotatable bonds is 2. The van der Waals surface area contributed by atoms with E-state index in [2.05, 4.69) is 12.2 Å². The fraction of sp³-hybridized carbons (Fsp3) is 0.818. The molecule has 0 aromatic heterocycles. The van der Waals surface area contributed by atoms with Gasteiger partial charge < -0.3 is 10.0 Å². The molecule has 0 aliphatic heterocycles. The standard InChI is InChI=1S/C11H16NO2/c1-12(13)14-11-9-5-6-10(11)8-4-2-3-7(8)9/h2-3,7-11H,4-6H2,1H3/q-1. The highest BCUT2D eigenvalue weighted by atomic mass is 16.9. The lowest BCUT2D eigenvalue weighted by Gasteiger charge is -2.28. The molecule has 2 saturated carbocycles. The molecule has 2 bridgehead atoms. The van der Waals surface area contributed by atoms with Gasteiger partial charge in [-0.1, -0.05) is 12.2 Å². The lowest BCUT2D eigenvalue weighted by Crippen LogP contribution is -2.27. The van der Waals surface area contributed by atoms with Crippen molar-refractivity contribution in [3.8, 4) is 0 Å². The summed E-state index contributed by atoms with van der Waals surface area (Å²) < 4.78 is 0. The SMILES string of the molecule is CN([O-])OC1C2CCC1C1CC=CC12. The maximum Gasteiger partial charge on any atom is 0.0845 e. The number of fused-ring (bicyclic) bond motifs is 5. The minimum Gasteiger partial charge on any atom is -0.762 e. The van der Waals surface area contributed by atoms with Gasteiger partial charge in [-0.3, -0.25) is 5.23 Å². The summed E-state index contributed by atoms with van der Waals surface area (Å²) in [7, 11) is 1.45. The van der Waals surface area contributed by atoms with Gasteiger partial charge in [0.2, 0.25) is 0 Å². The highest BCUT2D eigenvalue weighted by Gasteiger charge is 2.55. The van der Waals surface area contributed by atoms with Gasteiger partial charge in [-0.15, -0.1) is 0 Å². The first-order chi connectivity index (χ1) is 6.77. The van der Waals surface area contributed by atoms with E-state index in [1.54, 1.807) is 0 Å². The van der Waals surface area contributed by atoms with Crippen LogP contribution in [0.3, 0.4) is 0 Å². The van der Waals surface area contributed by atoms with Gasteiger partial charge in [0.1, 0.15) is 0 Å². The topological polar surface area (TPSA) is 35.5 Å². The van der Waals surface area contributed by atoms with Crippen LogP contribution in [0, 0.1) is 28.9 Å². The van der Waals surface area contributed by atoms with E-state index in [4.69, 9.17) is 4.84 Å². The molecule has 0 amide bonds. The second kappa shape index (κ2) is 3.05. The maximum atomic E-state index is 10.9. The van der Waals surface area contributed by atoms with Crippen LogP contribution in [-0.4, -0.2) is 18.4 Å². The number of allylic oxidation sites excluding steroid dienone is 2. The van der Waals surface area contributed by atoms with Gasteiger partial charge in [0.15, 0.2) is 0 Å². The third-order valence-electron chi connectivity index (χ3n) is 4.25. The molecule has 3 rings (SSSR count). The number of hydrogen-bond donors (Lipinski definition) is 0. The molecule has 0 saturated heterocycles. The van der Waals surface area contributed by atoms with Crippen LogP contribution < -0.4 is 0 Å². The van der Waals surface area contributed by atoms with Gasteiger partial charge >= 0.3 is 0 Å². The monoisotopic (exact) mass is 194 g/mol. The molecule has 5 atom stereocenters. The Balaban J connectivity index is 1.79. The smallest absolute Gasteiger partial charge is 0.0845 e. The van der Waals surface area contributed by atoms with Crippen LogP contribution in [0.5, 0.6) is 0 Å². The first-order valence-electron chi connectivity index (χ1n) is 5.51. The molecule has 78 valence electrons. The molecule has 3 heteroatoms. The number of nitrogens with zero attached hydrogens (tertiary/aromatic N) is 1. The summed E-state index contributed by atoms with van der Waals surface area (Å²) in [6, 6.07) is 0. The lowest BCUT2D eigenvalue weighted by molar-refractivity contribution is -0.165. The van der Waals surface area contributed by atoms with Crippen LogP contribution in [0.25, 0.3) is 0 Å². The molecule has 3 nitrogen and oxygen atoms in total. The van der Waals surface area contributed by atoms with Crippen molar-refractivity contribution in [2.75, 3.05) is 7.05 Å². The van der Waals surface area contributed by atoms with Gasteiger partial charge in [-0.05, 0) is 50.0 Å². The van der Waals surface area contributed by atoms with Crippen molar-refractivity contribution in [3.05, 3.63) is 17.4 Å². The van der Waals surface area contributed by atoms with Crippen LogP contribution >= 0.6 is 0 Å². The van der Waals surface area contributed by atoms with Crippen molar-refractivity contribution < 1.29 is 4.84 Å². The molecular formula is C11H16NO2-. The fourth-order valence-electron chi connectivity index (χ4n) is 3.84. The third-order valence-corrected chi connectivity index (χ3v) is 4.25. The zero-order valence-electron chi connectivity index (χ0n) is 8.43. The van der Waals surface area contributed by atoms with Crippen molar-refractivity contribution in [1.82, 2.24) is 5.23 Å². The van der Waals surface area contributed by atoms with E-state index in [0.717, 1.165) is 5.92 Å². The Kier molecular flexibility index (Phi) is 1.94. The molecule has 0 aromatic carbocycles. The Labute approximate surface area is 84.3 Å². The van der Waals surface area contributed by atoms with Crippen LogP contribution in [0.1, 0.15) is 19.3 Å². The van der Waals surface area contributed by atoms with E-state index in [-0.39, 0.29) is 6.10 Å². The van der Waals surface area contributed by atoms with Crippen molar-refractivity contribution >= 4 is 0 Å². The van der Waals surface area contributed by atoms with Gasteiger partial charge in [0.05, 0.1) is 6.10 Å². The predicted molar refractivity (Wildman–Crippen MR) is 53.0 cm³/mol. The molecule has 0 spiro atoms. The molecule has 14 heavy (non-hydrogen) atoms. The summed E-state index contributed by atoms with van der Waals surface area (Å²) in [5.74, 6) is 2.73. The Bertz CT molecular complexity index is 264. The fourth-order valence-corrected chi connectivity index (χ4v) is 3.84. The summed E-state index contributed by atoms with van der Waals surface area (Å²) in [5, 5.41) is 11.6. The zero-order valence-corrected chi connectivity index (χ0v) is 8.43. The molecule has 3 aliphatic rings.